The van der Waals surface area contributed by atoms with Gasteiger partial charge in [-0.2, -0.15) is 0 Å². The Morgan fingerprint density at radius 3 is 2.34 bits per heavy atom. The summed E-state index contributed by atoms with van der Waals surface area (Å²) in [6.07, 6.45) is 8.94. The summed E-state index contributed by atoms with van der Waals surface area (Å²) in [4.78, 5) is 92.7. The van der Waals surface area contributed by atoms with Crippen LogP contribution in [0.25, 0.3) is 10.9 Å². The van der Waals surface area contributed by atoms with Crippen LogP contribution in [0.3, 0.4) is 0 Å². The first-order valence-electron chi connectivity index (χ1n) is 25.5. The average molecular weight is 990 g/mol. The van der Waals surface area contributed by atoms with Gasteiger partial charge in [-0.05, 0) is 130 Å². The lowest BCUT2D eigenvalue weighted by Crippen LogP contribution is -2.54. The van der Waals surface area contributed by atoms with Crippen LogP contribution in [0.2, 0.25) is 5.02 Å². The summed E-state index contributed by atoms with van der Waals surface area (Å²) in [6.45, 7) is 9.31. The minimum atomic E-state index is -0.996. The molecule has 2 atom stereocenters. The van der Waals surface area contributed by atoms with Crippen LogP contribution in [-0.2, 0) is 19.2 Å². The lowest BCUT2D eigenvalue weighted by atomic mass is 9.73. The van der Waals surface area contributed by atoms with Gasteiger partial charge in [-0.3, -0.25) is 53.8 Å². The Labute approximate surface area is 418 Å². The van der Waals surface area contributed by atoms with Crippen molar-refractivity contribution in [3.8, 4) is 5.75 Å². The summed E-state index contributed by atoms with van der Waals surface area (Å²) >= 11 is 6.61. The van der Waals surface area contributed by atoms with E-state index < -0.39 is 29.7 Å². The van der Waals surface area contributed by atoms with E-state index in [9.17, 15) is 33.2 Å². The number of carbonyl (C=O) groups is 6. The van der Waals surface area contributed by atoms with Crippen LogP contribution in [0.4, 0.5) is 15.8 Å². The van der Waals surface area contributed by atoms with Crippen LogP contribution in [0.15, 0.2) is 66.9 Å². The molecule has 3 aromatic carbocycles. The highest BCUT2D eigenvalue weighted by atomic mass is 35.5. The van der Waals surface area contributed by atoms with Gasteiger partial charge in [0.05, 0.1) is 33.9 Å². The smallest absolute Gasteiger partial charge is 0.264 e. The van der Waals surface area contributed by atoms with Gasteiger partial charge >= 0.3 is 0 Å². The van der Waals surface area contributed by atoms with Crippen molar-refractivity contribution in [2.45, 2.75) is 89.2 Å². The SMILES string of the molecule is C[C@@H](C(=O)Nc1ccc(Cl)c(OC2CCN(C(=O)CN3CCC(CN4CCN(c5cccc6c5C(=O)N(C5CCC(=O)NC5=O)C6=O)CC4)CC3)CC2)c1)[C@H]1CC[C@@H](c2ccnc3ccc(F)cc32)CC1. The molecule has 2 N–H and O–H groups in total. The number of rotatable bonds is 12. The molecule has 6 heterocycles. The molecule has 1 unspecified atom stereocenters. The molecule has 10 rings (SSSR count). The van der Waals surface area contributed by atoms with Gasteiger partial charge in [-0.25, -0.2) is 4.39 Å². The second-order valence-electron chi connectivity index (χ2n) is 20.4. The topological polar surface area (TPSA) is 165 Å². The number of hydrogen-bond acceptors (Lipinski definition) is 11. The fourth-order valence-electron chi connectivity index (χ4n) is 11.9. The van der Waals surface area contributed by atoms with Crippen LogP contribution in [0.5, 0.6) is 5.75 Å². The minimum absolute atomic E-state index is 0.0408. The van der Waals surface area contributed by atoms with E-state index in [1.165, 1.54) is 6.07 Å². The maximum atomic E-state index is 14.1. The normalized spacial score (nSPS) is 23.5. The molecule has 4 saturated heterocycles. The van der Waals surface area contributed by atoms with Crippen LogP contribution in [-0.4, -0.2) is 138 Å². The number of fused-ring (bicyclic) bond motifs is 2. The van der Waals surface area contributed by atoms with Crippen LogP contribution in [0, 0.1) is 23.6 Å². The number of piperazine rings is 1. The number of ether oxygens (including phenoxy) is 1. The summed E-state index contributed by atoms with van der Waals surface area (Å²) in [5, 5.41) is 6.70. The molecule has 374 valence electrons. The number of amides is 6. The van der Waals surface area contributed by atoms with Gasteiger partial charge < -0.3 is 19.9 Å². The quantitative estimate of drug-likeness (QED) is 0.142. The van der Waals surface area contributed by atoms with E-state index in [-0.39, 0.29) is 48.4 Å². The maximum Gasteiger partial charge on any atom is 0.264 e. The van der Waals surface area contributed by atoms with E-state index in [4.69, 9.17) is 16.3 Å². The monoisotopic (exact) mass is 988 g/mol. The lowest BCUT2D eigenvalue weighted by molar-refractivity contribution is -0.136. The Balaban J connectivity index is 0.631. The van der Waals surface area contributed by atoms with E-state index in [0.717, 1.165) is 92.6 Å². The van der Waals surface area contributed by atoms with Crippen molar-refractivity contribution < 1.29 is 37.9 Å². The predicted octanol–water partition coefficient (Wildman–Crippen LogP) is 6.88. The van der Waals surface area contributed by atoms with Gasteiger partial charge in [0.15, 0.2) is 0 Å². The molecule has 0 radical (unpaired) electrons. The Hall–Kier alpha value is -5.97. The number of benzene rings is 3. The number of nitrogens with one attached hydrogen (secondary N) is 2. The number of hydrogen-bond donors (Lipinski definition) is 2. The number of carbonyl (C=O) groups excluding carboxylic acids is 6. The minimum Gasteiger partial charge on any atom is -0.489 e. The molecule has 4 aromatic rings. The Morgan fingerprint density at radius 2 is 1.59 bits per heavy atom. The first kappa shape index (κ1) is 48.6. The molecule has 6 amide bonds. The van der Waals surface area contributed by atoms with Crippen LogP contribution >= 0.6 is 11.6 Å². The largest absolute Gasteiger partial charge is 0.489 e. The van der Waals surface area contributed by atoms with Gasteiger partial charge in [0.25, 0.3) is 11.8 Å². The van der Waals surface area contributed by atoms with Gasteiger partial charge in [0.1, 0.15) is 23.7 Å². The summed E-state index contributed by atoms with van der Waals surface area (Å²) in [5.41, 5.74) is 3.89. The zero-order valence-corrected chi connectivity index (χ0v) is 41.0. The zero-order chi connectivity index (χ0) is 49.3. The lowest BCUT2D eigenvalue weighted by Gasteiger charge is -2.40. The molecule has 5 fully saturated rings. The molecule has 0 spiro atoms. The number of nitrogens with zero attached hydrogens (tertiary/aromatic N) is 6. The highest BCUT2D eigenvalue weighted by Crippen LogP contribution is 2.42. The summed E-state index contributed by atoms with van der Waals surface area (Å²) in [5.74, 6) is -0.780. The number of halogens is 2. The number of imide groups is 2. The van der Waals surface area contributed by atoms with Gasteiger partial charge in [0.2, 0.25) is 23.6 Å². The molecule has 1 saturated carbocycles. The molecule has 6 aliphatic rings. The molecular formula is C54H62ClFN8O7. The standard InChI is InChI=1S/C54H62ClFN8O7/c1-33(35-5-7-36(8-6-35)40-15-20-57-44-12-9-37(56)29-42(40)44)51(67)58-38-10-11-43(55)47(30-38)71-39-18-23-63(24-19-39)49(66)32-60-21-16-34(17-22-60)31-61-25-27-62(28-26-61)45-4-2-3-41-50(45)54(70)64(53(41)69)46-13-14-48(65)59-52(46)68/h2-4,9-12,15,20,29-30,33-36,39,46H,5-8,13-14,16-19,21-28,31-32H2,1H3,(H,58,67)(H,59,65,68)/t33-,35-,36+,46?/m1/s1. The summed E-state index contributed by atoms with van der Waals surface area (Å²) < 4.78 is 20.5. The van der Waals surface area contributed by atoms with Crippen molar-refractivity contribution in [2.75, 3.05) is 75.7 Å². The van der Waals surface area contributed by atoms with Crippen LogP contribution < -0.4 is 20.3 Å². The number of anilines is 2. The fourth-order valence-corrected chi connectivity index (χ4v) is 12.0. The first-order chi connectivity index (χ1) is 34.4. The third-order valence-corrected chi connectivity index (χ3v) is 16.4. The second kappa shape index (κ2) is 21.0. The summed E-state index contributed by atoms with van der Waals surface area (Å²) in [6, 6.07) is 16.4. The summed E-state index contributed by atoms with van der Waals surface area (Å²) in [7, 11) is 0. The molecule has 71 heavy (non-hydrogen) atoms. The van der Waals surface area contributed by atoms with Gasteiger partial charge in [0, 0.05) is 94.3 Å². The highest BCUT2D eigenvalue weighted by molar-refractivity contribution is 6.32. The van der Waals surface area contributed by atoms with E-state index in [2.05, 4.69) is 30.3 Å². The van der Waals surface area contributed by atoms with E-state index in [1.807, 2.05) is 24.0 Å². The van der Waals surface area contributed by atoms with Crippen molar-refractivity contribution in [1.82, 2.24) is 29.9 Å². The Bertz CT molecular complexity index is 2710. The van der Waals surface area contributed by atoms with E-state index >= 15 is 0 Å². The predicted molar refractivity (Wildman–Crippen MR) is 267 cm³/mol. The second-order valence-corrected chi connectivity index (χ2v) is 20.9. The molecule has 5 aliphatic heterocycles. The fraction of sp³-hybridized carbons (Fsp3) is 0.500. The van der Waals surface area contributed by atoms with Crippen molar-refractivity contribution in [3.05, 3.63) is 94.4 Å². The van der Waals surface area contributed by atoms with Crippen LogP contribution in [0.1, 0.15) is 103 Å². The van der Waals surface area contributed by atoms with Crippen molar-refractivity contribution >= 4 is 69.3 Å². The molecule has 1 aromatic heterocycles. The van der Waals surface area contributed by atoms with Gasteiger partial charge in [-0.1, -0.05) is 24.6 Å². The Kier molecular flexibility index (Phi) is 14.4. The average Bonchev–Trinajstić information content (AvgIpc) is 3.63. The van der Waals surface area contributed by atoms with E-state index in [0.29, 0.717) is 90.7 Å². The number of likely N-dealkylation sites (tertiary alicyclic amines) is 2. The molecular weight excluding hydrogens is 927 g/mol. The maximum absolute atomic E-state index is 14.1. The Morgan fingerprint density at radius 1 is 0.831 bits per heavy atom. The number of aromatic nitrogens is 1. The third kappa shape index (κ3) is 10.5. The number of piperidine rings is 3. The third-order valence-electron chi connectivity index (χ3n) is 16.1. The van der Waals surface area contributed by atoms with Crippen molar-refractivity contribution in [2.24, 2.45) is 17.8 Å². The van der Waals surface area contributed by atoms with Crippen molar-refractivity contribution in [3.63, 3.8) is 0 Å². The first-order valence-corrected chi connectivity index (χ1v) is 25.9. The zero-order valence-electron chi connectivity index (χ0n) is 40.3. The molecule has 0 bridgehead atoms. The molecule has 1 aliphatic carbocycles. The van der Waals surface area contributed by atoms with E-state index in [1.54, 1.807) is 48.7 Å². The highest BCUT2D eigenvalue weighted by Gasteiger charge is 2.46. The molecule has 15 nitrogen and oxygen atoms in total. The molecule has 17 heteroatoms. The van der Waals surface area contributed by atoms with Crippen molar-refractivity contribution in [1.29, 1.82) is 0 Å². The number of pyridine rings is 1. The van der Waals surface area contributed by atoms with Gasteiger partial charge in [-0.15, -0.1) is 0 Å².